The molecule has 1 aliphatic carbocycles. The van der Waals surface area contributed by atoms with Crippen LogP contribution >= 0.6 is 23.2 Å². The van der Waals surface area contributed by atoms with Crippen LogP contribution in [-0.4, -0.2) is 44.7 Å². The first-order valence-electron chi connectivity index (χ1n) is 12.2. The number of nitrogens with one attached hydrogen (secondary N) is 2. The highest BCUT2D eigenvalue weighted by Gasteiger charge is 2.28. The van der Waals surface area contributed by atoms with Crippen LogP contribution in [0.1, 0.15) is 51.0 Å². The number of aromatic nitrogens is 4. The first-order chi connectivity index (χ1) is 17.4. The van der Waals surface area contributed by atoms with E-state index in [0.717, 1.165) is 45.1 Å². The van der Waals surface area contributed by atoms with E-state index < -0.39 is 5.82 Å². The fourth-order valence-electron chi connectivity index (χ4n) is 5.10. The Balaban J connectivity index is 1.50. The van der Waals surface area contributed by atoms with Gasteiger partial charge in [-0.2, -0.15) is 4.98 Å². The molecule has 1 aliphatic heterocycles. The Morgan fingerprint density at radius 3 is 2.69 bits per heavy atom. The zero-order valence-electron chi connectivity index (χ0n) is 19.6. The minimum atomic E-state index is -0.581. The van der Waals surface area contributed by atoms with Gasteiger partial charge in [-0.25, -0.2) is 14.4 Å². The van der Waals surface area contributed by atoms with Crippen LogP contribution in [0.2, 0.25) is 10.0 Å². The normalized spacial score (nSPS) is 22.5. The molecule has 0 bridgehead atoms. The smallest absolute Gasteiger partial charge is 0.225 e. The third-order valence-corrected chi connectivity index (χ3v) is 7.36. The van der Waals surface area contributed by atoms with Crippen molar-refractivity contribution in [3.63, 3.8) is 0 Å². The molecule has 5 rings (SSSR count). The Bertz CT molecular complexity index is 1230. The van der Waals surface area contributed by atoms with Gasteiger partial charge in [-0.1, -0.05) is 23.2 Å². The van der Waals surface area contributed by atoms with Gasteiger partial charge in [0.25, 0.3) is 0 Å². The molecule has 12 heteroatoms. The van der Waals surface area contributed by atoms with Crippen LogP contribution in [0, 0.1) is 11.7 Å². The van der Waals surface area contributed by atoms with Gasteiger partial charge >= 0.3 is 0 Å². The van der Waals surface area contributed by atoms with Gasteiger partial charge in [-0.05, 0) is 56.6 Å². The number of hydrogen-bond acceptors (Lipinski definition) is 7. The van der Waals surface area contributed by atoms with Crippen molar-refractivity contribution >= 4 is 57.9 Å². The molecule has 36 heavy (non-hydrogen) atoms. The van der Waals surface area contributed by atoms with E-state index in [0.29, 0.717) is 36.1 Å². The van der Waals surface area contributed by atoms with Crippen LogP contribution in [0.4, 0.5) is 22.0 Å². The molecule has 0 radical (unpaired) electrons. The number of carbonyl (C=O) groups is 1. The van der Waals surface area contributed by atoms with Crippen molar-refractivity contribution in [2.45, 2.75) is 57.0 Å². The number of benzene rings is 1. The van der Waals surface area contributed by atoms with Crippen LogP contribution in [0.25, 0.3) is 11.2 Å². The van der Waals surface area contributed by atoms with Gasteiger partial charge < -0.3 is 21.1 Å². The van der Waals surface area contributed by atoms with Crippen LogP contribution in [0.15, 0.2) is 18.3 Å². The van der Waals surface area contributed by atoms with E-state index in [1.165, 1.54) is 12.1 Å². The lowest BCUT2D eigenvalue weighted by Crippen LogP contribution is -2.30. The standard InChI is InChI=1S/C24H28Cl2FN7O2/c25-14-9-17(26)21(18(27)10-14)32-24-31-19-11-29-23(30-15-2-1-7-36-12-15)33-22(19)34(24)16-5-3-13(4-6-16)8-20(28)35/h9-11,13,15-16H,1-8,12H2,(H2,28,35)(H,31,32)(H,29,30,33)/t13?,15-,16?/m0/s1. The molecule has 0 spiro atoms. The Labute approximate surface area is 217 Å². The highest BCUT2D eigenvalue weighted by molar-refractivity contribution is 6.36. The van der Waals surface area contributed by atoms with E-state index in [-0.39, 0.29) is 39.6 Å². The van der Waals surface area contributed by atoms with Gasteiger partial charge in [0.15, 0.2) is 5.65 Å². The lowest BCUT2D eigenvalue weighted by atomic mass is 9.84. The van der Waals surface area contributed by atoms with Crippen LogP contribution in [0.3, 0.4) is 0 Å². The van der Waals surface area contributed by atoms with Crippen LogP contribution in [0.5, 0.6) is 0 Å². The molecule has 3 aromatic rings. The highest BCUT2D eigenvalue weighted by atomic mass is 35.5. The Kier molecular flexibility index (Phi) is 7.45. The zero-order chi connectivity index (χ0) is 25.2. The second kappa shape index (κ2) is 10.7. The summed E-state index contributed by atoms with van der Waals surface area (Å²) in [6, 6.07) is 2.85. The molecule has 1 saturated carbocycles. The molecule has 2 fully saturated rings. The SMILES string of the molecule is NC(=O)CC1CCC(n2c(Nc3c(F)cc(Cl)cc3Cl)nc3cnc(N[C@H]4CCCOC4)nc32)CC1. The van der Waals surface area contributed by atoms with Crippen LogP contribution in [-0.2, 0) is 9.53 Å². The summed E-state index contributed by atoms with van der Waals surface area (Å²) in [7, 11) is 0. The topological polar surface area (TPSA) is 120 Å². The molecule has 1 aromatic carbocycles. The number of hydrogen-bond donors (Lipinski definition) is 3. The first-order valence-corrected chi connectivity index (χ1v) is 12.9. The van der Waals surface area contributed by atoms with E-state index in [1.54, 1.807) is 6.20 Å². The maximum atomic E-state index is 14.8. The average Bonchev–Trinajstić information content (AvgIpc) is 3.19. The molecule has 2 aliphatic rings. The minimum Gasteiger partial charge on any atom is -0.379 e. The third-order valence-electron chi connectivity index (χ3n) is 6.84. The summed E-state index contributed by atoms with van der Waals surface area (Å²) in [6.07, 6.45) is 7.30. The summed E-state index contributed by atoms with van der Waals surface area (Å²) in [6.45, 7) is 1.37. The minimum absolute atomic E-state index is 0.0385. The van der Waals surface area contributed by atoms with Gasteiger partial charge in [0.05, 0.1) is 29.6 Å². The zero-order valence-corrected chi connectivity index (χ0v) is 21.2. The lowest BCUT2D eigenvalue weighted by molar-refractivity contribution is -0.119. The van der Waals surface area contributed by atoms with Crippen molar-refractivity contribution in [2.75, 3.05) is 23.8 Å². The lowest BCUT2D eigenvalue weighted by Gasteiger charge is -2.30. The number of ether oxygens (including phenoxy) is 1. The third kappa shape index (κ3) is 5.50. The fourth-order valence-corrected chi connectivity index (χ4v) is 5.61. The molecule has 4 N–H and O–H groups in total. The maximum absolute atomic E-state index is 14.8. The molecule has 1 atom stereocenters. The summed E-state index contributed by atoms with van der Waals surface area (Å²) in [4.78, 5) is 25.3. The molecular weight excluding hydrogens is 508 g/mol. The number of halogens is 3. The number of nitrogens with zero attached hydrogens (tertiary/aromatic N) is 4. The predicted octanol–water partition coefficient (Wildman–Crippen LogP) is 5.21. The highest BCUT2D eigenvalue weighted by Crippen LogP contribution is 2.39. The molecular formula is C24H28Cl2FN7O2. The first kappa shape index (κ1) is 25.0. The molecule has 192 valence electrons. The van der Waals surface area contributed by atoms with Crippen molar-refractivity contribution in [3.05, 3.63) is 34.2 Å². The van der Waals surface area contributed by atoms with Gasteiger partial charge in [0.2, 0.25) is 17.8 Å². The fraction of sp³-hybridized carbons (Fsp3) is 0.500. The van der Waals surface area contributed by atoms with Crippen molar-refractivity contribution in [3.8, 4) is 0 Å². The van der Waals surface area contributed by atoms with Crippen molar-refractivity contribution in [1.29, 1.82) is 0 Å². The van der Waals surface area contributed by atoms with Gasteiger partial charge in [-0.15, -0.1) is 0 Å². The molecule has 1 amide bonds. The second-order valence-corrected chi connectivity index (χ2v) is 10.3. The molecule has 1 saturated heterocycles. The Morgan fingerprint density at radius 1 is 1.19 bits per heavy atom. The maximum Gasteiger partial charge on any atom is 0.225 e. The number of primary amides is 1. The number of amides is 1. The predicted molar refractivity (Wildman–Crippen MR) is 137 cm³/mol. The number of nitrogens with two attached hydrogens (primary N) is 1. The molecule has 2 aromatic heterocycles. The van der Waals surface area contributed by atoms with E-state index in [2.05, 4.69) is 20.6 Å². The molecule has 9 nitrogen and oxygen atoms in total. The number of anilines is 3. The van der Waals surface area contributed by atoms with E-state index >= 15 is 0 Å². The molecule has 0 unspecified atom stereocenters. The van der Waals surface area contributed by atoms with Gasteiger partial charge in [-0.3, -0.25) is 9.36 Å². The largest absolute Gasteiger partial charge is 0.379 e. The Hall–Kier alpha value is -2.69. The number of rotatable bonds is 7. The van der Waals surface area contributed by atoms with E-state index in [9.17, 15) is 9.18 Å². The Morgan fingerprint density at radius 2 is 2.00 bits per heavy atom. The summed E-state index contributed by atoms with van der Waals surface area (Å²) >= 11 is 12.3. The number of fused-ring (bicyclic) bond motifs is 1. The summed E-state index contributed by atoms with van der Waals surface area (Å²) in [5.74, 6) is 0.299. The van der Waals surface area contributed by atoms with Gasteiger partial charge in [0, 0.05) is 24.1 Å². The van der Waals surface area contributed by atoms with Gasteiger partial charge in [0.1, 0.15) is 11.3 Å². The summed E-state index contributed by atoms with van der Waals surface area (Å²) in [5, 5.41) is 6.78. The monoisotopic (exact) mass is 535 g/mol. The summed E-state index contributed by atoms with van der Waals surface area (Å²) < 4.78 is 22.3. The van der Waals surface area contributed by atoms with Crippen LogP contribution < -0.4 is 16.4 Å². The second-order valence-electron chi connectivity index (χ2n) is 9.48. The van der Waals surface area contributed by atoms with Crippen molar-refractivity contribution < 1.29 is 13.9 Å². The van der Waals surface area contributed by atoms with Crippen molar-refractivity contribution in [1.82, 2.24) is 19.5 Å². The number of imidazole rings is 1. The molecule has 3 heterocycles. The van der Waals surface area contributed by atoms with Crippen molar-refractivity contribution in [2.24, 2.45) is 11.7 Å². The van der Waals surface area contributed by atoms with E-state index in [4.69, 9.17) is 38.7 Å². The number of carbonyl (C=O) groups excluding carboxylic acids is 1. The average molecular weight is 536 g/mol. The summed E-state index contributed by atoms with van der Waals surface area (Å²) in [5.41, 5.74) is 6.71. The van der Waals surface area contributed by atoms with E-state index in [1.807, 2.05) is 4.57 Å². The quantitative estimate of drug-likeness (QED) is 0.379.